The molecule has 1 heteroatoms. The van der Waals surface area contributed by atoms with Crippen molar-refractivity contribution in [2.75, 3.05) is 0 Å². The molecule has 0 nitrogen and oxygen atoms in total. The van der Waals surface area contributed by atoms with Crippen molar-refractivity contribution in [2.24, 2.45) is 0 Å². The summed E-state index contributed by atoms with van der Waals surface area (Å²) in [5.41, 5.74) is 2.87. The summed E-state index contributed by atoms with van der Waals surface area (Å²) in [5.74, 6) is 1.37. The van der Waals surface area contributed by atoms with Gasteiger partial charge in [0.2, 0.25) is 0 Å². The molecule has 2 aromatic carbocycles. The Morgan fingerprint density at radius 2 is 1.29 bits per heavy atom. The van der Waals surface area contributed by atoms with Gasteiger partial charge in [-0.25, -0.2) is 18.1 Å². The molecular weight excluding hydrogens is 293 g/mol. The van der Waals surface area contributed by atoms with Gasteiger partial charge in [0.1, 0.15) is 0 Å². The van der Waals surface area contributed by atoms with Gasteiger partial charge in [0.05, 0.1) is 0 Å². The molecule has 0 atom stereocenters. The van der Waals surface area contributed by atoms with Crippen molar-refractivity contribution in [3.8, 4) is 0 Å². The van der Waals surface area contributed by atoms with Crippen molar-refractivity contribution in [1.82, 2.24) is 0 Å². The van der Waals surface area contributed by atoms with E-state index in [4.69, 9.17) is 0 Å². The molecule has 2 rings (SSSR count). The van der Waals surface area contributed by atoms with Crippen LogP contribution in [0.15, 0.2) is 48.5 Å². The summed E-state index contributed by atoms with van der Waals surface area (Å²) < 4.78 is 0. The minimum absolute atomic E-state index is 0. The molecule has 0 bridgehead atoms. The molecule has 0 heterocycles. The summed E-state index contributed by atoms with van der Waals surface area (Å²) in [7, 11) is 0. The average molecular weight is 315 g/mol. The van der Waals surface area contributed by atoms with E-state index < -0.39 is 0 Å². The summed E-state index contributed by atoms with van der Waals surface area (Å²) in [6.07, 6.45) is 0. The van der Waals surface area contributed by atoms with Gasteiger partial charge < -0.3 is 29.8 Å². The number of rotatable bonds is 2. The molecule has 0 amide bonds. The summed E-state index contributed by atoms with van der Waals surface area (Å²) in [6.45, 7) is 8.81. The molecule has 0 unspecified atom stereocenters. The van der Waals surface area contributed by atoms with Gasteiger partial charge in [0.15, 0.2) is 0 Å². The molecule has 17 heavy (non-hydrogen) atoms. The van der Waals surface area contributed by atoms with Crippen LogP contribution < -0.4 is 0 Å². The van der Waals surface area contributed by atoms with Gasteiger partial charge in [0, 0.05) is 19.5 Å². The zero-order valence-corrected chi connectivity index (χ0v) is 12.9. The SMILES string of the molecule is CC(C)[c-]1[cH-][cH-][cH-][cH-]1.CC(C)[c-]1cccc1.[Ru]. The first-order valence-electron chi connectivity index (χ1n) is 6.04. The van der Waals surface area contributed by atoms with Crippen LogP contribution in [0.2, 0.25) is 0 Å². The predicted octanol–water partition coefficient (Wildman–Crippen LogP) is 5.06. The van der Waals surface area contributed by atoms with E-state index in [0.717, 1.165) is 0 Å². The van der Waals surface area contributed by atoms with Gasteiger partial charge in [0.25, 0.3) is 0 Å². The molecule has 100 valence electrons. The molecular formula is C16H22Ru-6. The molecule has 0 saturated carbocycles. The minimum Gasteiger partial charge on any atom is -0.748 e. The molecule has 0 radical (unpaired) electrons. The Hall–Kier alpha value is -0.677. The van der Waals surface area contributed by atoms with Crippen LogP contribution in [0, 0.1) is 0 Å². The van der Waals surface area contributed by atoms with E-state index >= 15 is 0 Å². The monoisotopic (exact) mass is 316 g/mol. The van der Waals surface area contributed by atoms with Gasteiger partial charge in [-0.05, 0) is 0 Å². The van der Waals surface area contributed by atoms with Crippen LogP contribution in [0.5, 0.6) is 0 Å². The molecule has 0 fully saturated rings. The first-order chi connectivity index (χ1) is 7.61. The second-order valence-electron chi connectivity index (χ2n) is 4.75. The van der Waals surface area contributed by atoms with Crippen LogP contribution in [0.25, 0.3) is 0 Å². The van der Waals surface area contributed by atoms with Crippen molar-refractivity contribution in [2.45, 2.75) is 39.5 Å². The fourth-order valence-corrected chi connectivity index (χ4v) is 1.55. The Morgan fingerprint density at radius 3 is 1.53 bits per heavy atom. The Labute approximate surface area is 119 Å². The smallest absolute Gasteiger partial charge is 0 e. The van der Waals surface area contributed by atoms with Gasteiger partial charge in [-0.1, -0.05) is 33.6 Å². The summed E-state index contributed by atoms with van der Waals surface area (Å²) in [5, 5.41) is 0. The van der Waals surface area contributed by atoms with Crippen molar-refractivity contribution in [1.29, 1.82) is 0 Å². The second-order valence-corrected chi connectivity index (χ2v) is 4.75. The fraction of sp³-hybridized carbons (Fsp3) is 0.375. The van der Waals surface area contributed by atoms with E-state index in [1.165, 1.54) is 11.1 Å². The van der Waals surface area contributed by atoms with Crippen molar-refractivity contribution in [3.05, 3.63) is 59.7 Å². The molecule has 0 aliphatic rings. The quantitative estimate of drug-likeness (QED) is 0.537. The zero-order valence-electron chi connectivity index (χ0n) is 11.1. The molecule has 0 aliphatic heterocycles. The van der Waals surface area contributed by atoms with E-state index in [1.807, 2.05) is 0 Å². The van der Waals surface area contributed by atoms with Gasteiger partial charge in [-0.15, -0.1) is 0 Å². The van der Waals surface area contributed by atoms with E-state index in [1.54, 1.807) is 0 Å². The minimum atomic E-state index is 0. The standard InChI is InChI=1S/2C8H11.Ru/c2*1-7(2)8-5-3-4-6-8;/h2*3-7H,1-2H3;/q-5;-1;. The molecule has 0 aromatic heterocycles. The normalized spacial score (nSPS) is 9.76. The van der Waals surface area contributed by atoms with E-state index in [-0.39, 0.29) is 19.5 Å². The molecule has 0 N–H and O–H groups in total. The van der Waals surface area contributed by atoms with Crippen LogP contribution in [0.1, 0.15) is 50.7 Å². The van der Waals surface area contributed by atoms with Gasteiger partial charge in [-0.2, -0.15) is 17.7 Å². The Kier molecular flexibility index (Phi) is 8.08. The van der Waals surface area contributed by atoms with Crippen LogP contribution in [-0.4, -0.2) is 0 Å². The Balaban J connectivity index is 0.000000284. The Morgan fingerprint density at radius 1 is 0.824 bits per heavy atom. The predicted molar refractivity (Wildman–Crippen MR) is 72.2 cm³/mol. The number of hydrogen-bond donors (Lipinski definition) is 0. The van der Waals surface area contributed by atoms with Crippen molar-refractivity contribution >= 4 is 0 Å². The maximum Gasteiger partial charge on any atom is 0 e. The van der Waals surface area contributed by atoms with E-state index in [0.29, 0.717) is 11.8 Å². The zero-order chi connectivity index (χ0) is 12.0. The van der Waals surface area contributed by atoms with Crippen LogP contribution in [-0.2, 0) is 19.5 Å². The van der Waals surface area contributed by atoms with Gasteiger partial charge in [-0.3, -0.25) is 0 Å². The largest absolute Gasteiger partial charge is 0.748 e. The summed E-state index contributed by atoms with van der Waals surface area (Å²) in [6, 6.07) is 16.9. The van der Waals surface area contributed by atoms with Crippen LogP contribution >= 0.6 is 0 Å². The van der Waals surface area contributed by atoms with Gasteiger partial charge >= 0.3 is 0 Å². The maximum atomic E-state index is 2.20. The summed E-state index contributed by atoms with van der Waals surface area (Å²) >= 11 is 0. The molecule has 0 spiro atoms. The van der Waals surface area contributed by atoms with E-state index in [2.05, 4.69) is 76.2 Å². The molecule has 2 aromatic rings. The Bertz CT molecular complexity index is 314. The van der Waals surface area contributed by atoms with E-state index in [9.17, 15) is 0 Å². The summed E-state index contributed by atoms with van der Waals surface area (Å²) in [4.78, 5) is 0. The average Bonchev–Trinajstić information content (AvgIpc) is 2.93. The topological polar surface area (TPSA) is 0 Å². The van der Waals surface area contributed by atoms with Crippen molar-refractivity contribution in [3.63, 3.8) is 0 Å². The molecule has 0 saturated heterocycles. The first kappa shape index (κ1) is 16.3. The third-order valence-electron chi connectivity index (χ3n) is 2.71. The molecule has 0 aliphatic carbocycles. The third kappa shape index (κ3) is 5.98. The van der Waals surface area contributed by atoms with Crippen LogP contribution in [0.3, 0.4) is 0 Å². The third-order valence-corrected chi connectivity index (χ3v) is 2.71. The van der Waals surface area contributed by atoms with Crippen molar-refractivity contribution < 1.29 is 19.5 Å². The first-order valence-corrected chi connectivity index (χ1v) is 6.04. The maximum absolute atomic E-state index is 2.20. The second kappa shape index (κ2) is 8.42. The number of hydrogen-bond acceptors (Lipinski definition) is 0. The fourth-order valence-electron chi connectivity index (χ4n) is 1.55. The van der Waals surface area contributed by atoms with Crippen LogP contribution in [0.4, 0.5) is 0 Å².